The highest BCUT2D eigenvalue weighted by atomic mass is 127. The van der Waals surface area contributed by atoms with Crippen LogP contribution in [0.1, 0.15) is 25.0 Å². The van der Waals surface area contributed by atoms with Gasteiger partial charge in [-0.2, -0.15) is 8.78 Å². The molecule has 5 heteroatoms. The molecule has 0 atom stereocenters. The number of alkyl halides is 3. The summed E-state index contributed by atoms with van der Waals surface area (Å²) < 4.78 is 32.4. The maximum atomic E-state index is 12.6. The zero-order valence-corrected chi connectivity index (χ0v) is 11.8. The first-order chi connectivity index (χ1) is 7.77. The maximum Gasteiger partial charge on any atom is 0.408 e. The van der Waals surface area contributed by atoms with Gasteiger partial charge in [0.2, 0.25) is 0 Å². The number of para-hydroxylation sites is 1. The van der Waals surface area contributed by atoms with Gasteiger partial charge in [-0.05, 0) is 19.4 Å². The van der Waals surface area contributed by atoms with Crippen LogP contribution in [0.2, 0.25) is 0 Å². The van der Waals surface area contributed by atoms with E-state index in [9.17, 15) is 8.78 Å². The summed E-state index contributed by atoms with van der Waals surface area (Å²) >= 11 is 0.962. The molecular weight excluding hydrogens is 341 g/mol. The van der Waals surface area contributed by atoms with Crippen LogP contribution >= 0.6 is 22.6 Å². The van der Waals surface area contributed by atoms with Gasteiger partial charge in [-0.3, -0.25) is 0 Å². The lowest BCUT2D eigenvalue weighted by Crippen LogP contribution is -2.25. The Kier molecular flexibility index (Phi) is 3.33. The molecule has 1 aliphatic rings. The molecule has 1 heterocycles. The quantitative estimate of drug-likeness (QED) is 0.606. The molecule has 0 aromatic heterocycles. The van der Waals surface area contributed by atoms with E-state index < -0.39 is 4.12 Å². The number of hydrogen-bond acceptors (Lipinski definition) is 2. The number of hydrogen-bond donors (Lipinski definition) is 0. The summed E-state index contributed by atoms with van der Waals surface area (Å²) in [4.78, 5) is 0. The highest BCUT2D eigenvalue weighted by Gasteiger charge is 2.32. The number of ether oxygens (including phenoxy) is 2. The van der Waals surface area contributed by atoms with E-state index in [2.05, 4.69) is 4.74 Å². The van der Waals surface area contributed by atoms with Crippen molar-refractivity contribution in [2.75, 3.05) is 0 Å². The summed E-state index contributed by atoms with van der Waals surface area (Å²) in [5.41, 5.74) is 1.45. The second kappa shape index (κ2) is 4.35. The minimum absolute atomic E-state index is 0.144. The lowest BCUT2D eigenvalue weighted by molar-refractivity contribution is -0.154. The molecule has 2 rings (SSSR count). The van der Waals surface area contributed by atoms with E-state index >= 15 is 0 Å². The normalized spacial score (nSPS) is 17.7. The van der Waals surface area contributed by atoms with Crippen molar-refractivity contribution in [3.8, 4) is 5.75 Å². The van der Waals surface area contributed by atoms with Crippen molar-refractivity contribution in [2.24, 2.45) is 0 Å². The second-order valence-electron chi connectivity index (χ2n) is 4.68. The van der Waals surface area contributed by atoms with Crippen LogP contribution in [0.15, 0.2) is 18.2 Å². The molecule has 0 bridgehead atoms. The molecule has 0 unspecified atom stereocenters. The number of halogens is 3. The van der Waals surface area contributed by atoms with Crippen molar-refractivity contribution in [3.63, 3.8) is 0 Å². The Morgan fingerprint density at radius 1 is 1.47 bits per heavy atom. The smallest absolute Gasteiger partial charge is 0.408 e. The molecule has 0 saturated heterocycles. The molecule has 17 heavy (non-hydrogen) atoms. The van der Waals surface area contributed by atoms with E-state index in [1.54, 1.807) is 6.07 Å². The zero-order chi connectivity index (χ0) is 12.7. The molecule has 0 radical (unpaired) electrons. The monoisotopic (exact) mass is 354 g/mol. The molecule has 1 aromatic carbocycles. The average molecular weight is 354 g/mol. The Hall–Kier alpha value is -0.430. The van der Waals surface area contributed by atoms with Crippen LogP contribution in [0.5, 0.6) is 5.75 Å². The third kappa shape index (κ3) is 3.28. The van der Waals surface area contributed by atoms with Gasteiger partial charge in [0.15, 0.2) is 0 Å². The highest BCUT2D eigenvalue weighted by molar-refractivity contribution is 14.1. The van der Waals surface area contributed by atoms with Gasteiger partial charge in [0.05, 0.1) is 6.61 Å². The summed E-state index contributed by atoms with van der Waals surface area (Å²) in [5.74, 6) is 0.693. The fraction of sp³-hybridized carbons (Fsp3) is 0.500. The number of fused-ring (bicyclic) bond motifs is 1. The van der Waals surface area contributed by atoms with Gasteiger partial charge in [0, 0.05) is 34.6 Å². The van der Waals surface area contributed by atoms with E-state index in [0.29, 0.717) is 11.3 Å². The van der Waals surface area contributed by atoms with E-state index in [-0.39, 0.29) is 12.2 Å². The third-order valence-corrected chi connectivity index (χ3v) is 2.88. The highest BCUT2D eigenvalue weighted by Crippen LogP contribution is 2.38. The first-order valence-corrected chi connectivity index (χ1v) is 6.35. The van der Waals surface area contributed by atoms with Crippen molar-refractivity contribution in [1.82, 2.24) is 0 Å². The largest absolute Gasteiger partial charge is 0.487 e. The van der Waals surface area contributed by atoms with Crippen LogP contribution in [0, 0.1) is 0 Å². The average Bonchev–Trinajstić information content (AvgIpc) is 2.47. The van der Waals surface area contributed by atoms with E-state index in [1.807, 2.05) is 26.0 Å². The van der Waals surface area contributed by atoms with Crippen molar-refractivity contribution in [3.05, 3.63) is 29.3 Å². The SMILES string of the molecule is CC1(C)Cc2cccc(COC(F)(F)I)c2O1. The van der Waals surface area contributed by atoms with Gasteiger partial charge in [-0.15, -0.1) is 0 Å². The van der Waals surface area contributed by atoms with Gasteiger partial charge in [0.1, 0.15) is 11.4 Å². The molecule has 0 spiro atoms. The molecule has 0 aliphatic carbocycles. The molecule has 0 N–H and O–H groups in total. The molecule has 0 saturated carbocycles. The van der Waals surface area contributed by atoms with E-state index in [4.69, 9.17) is 4.74 Å². The summed E-state index contributed by atoms with van der Waals surface area (Å²) in [6.07, 6.45) is 0.788. The molecule has 1 aliphatic heterocycles. The molecule has 94 valence electrons. The van der Waals surface area contributed by atoms with Gasteiger partial charge in [-0.25, -0.2) is 0 Å². The summed E-state index contributed by atoms with van der Waals surface area (Å²) in [6.45, 7) is 3.81. The topological polar surface area (TPSA) is 18.5 Å². The first kappa shape index (κ1) is 13.0. The van der Waals surface area contributed by atoms with Crippen molar-refractivity contribution < 1.29 is 18.3 Å². The Morgan fingerprint density at radius 3 is 2.82 bits per heavy atom. The second-order valence-corrected chi connectivity index (χ2v) is 5.93. The van der Waals surface area contributed by atoms with Crippen LogP contribution in [-0.2, 0) is 17.8 Å². The van der Waals surface area contributed by atoms with E-state index in [0.717, 1.165) is 34.6 Å². The lowest BCUT2D eigenvalue weighted by atomic mass is 10.0. The van der Waals surface area contributed by atoms with Crippen molar-refractivity contribution in [1.29, 1.82) is 0 Å². The predicted molar refractivity (Wildman–Crippen MR) is 68.6 cm³/mol. The van der Waals surface area contributed by atoms with Crippen LogP contribution in [-0.4, -0.2) is 9.72 Å². The van der Waals surface area contributed by atoms with Gasteiger partial charge in [-0.1, -0.05) is 18.2 Å². The summed E-state index contributed by atoms with van der Waals surface area (Å²) in [5, 5.41) is 0. The zero-order valence-electron chi connectivity index (χ0n) is 9.60. The van der Waals surface area contributed by atoms with Gasteiger partial charge < -0.3 is 9.47 Å². The summed E-state index contributed by atoms with van der Waals surface area (Å²) in [7, 11) is 0. The minimum Gasteiger partial charge on any atom is -0.487 e. The standard InChI is InChI=1S/C12H13F2IO2/c1-11(2)6-8-4-3-5-9(10(8)17-11)7-16-12(13,14)15/h3-5H,6-7H2,1-2H3. The predicted octanol–water partition coefficient (Wildman–Crippen LogP) is 3.90. The molecule has 1 aromatic rings. The Balaban J connectivity index is 2.19. The van der Waals surface area contributed by atoms with Crippen molar-refractivity contribution in [2.45, 2.75) is 36.6 Å². The Bertz CT molecular complexity index is 427. The minimum atomic E-state index is -3.14. The van der Waals surface area contributed by atoms with Crippen LogP contribution < -0.4 is 4.74 Å². The maximum absolute atomic E-state index is 12.6. The third-order valence-electron chi connectivity index (χ3n) is 2.56. The van der Waals surface area contributed by atoms with Gasteiger partial charge >= 0.3 is 4.12 Å². The van der Waals surface area contributed by atoms with Crippen LogP contribution in [0.25, 0.3) is 0 Å². The molecule has 2 nitrogen and oxygen atoms in total. The fourth-order valence-corrected chi connectivity index (χ4v) is 2.11. The molecule has 0 amide bonds. The fourth-order valence-electron chi connectivity index (χ4n) is 1.95. The Morgan fingerprint density at radius 2 is 2.18 bits per heavy atom. The number of benzene rings is 1. The van der Waals surface area contributed by atoms with Crippen LogP contribution in [0.3, 0.4) is 0 Å². The lowest BCUT2D eigenvalue weighted by Gasteiger charge is -2.18. The molecule has 0 fully saturated rings. The van der Waals surface area contributed by atoms with Crippen molar-refractivity contribution >= 4 is 22.6 Å². The summed E-state index contributed by atoms with van der Waals surface area (Å²) in [6, 6.07) is 5.55. The molecular formula is C12H13F2IO2. The Labute approximate surface area is 112 Å². The number of rotatable bonds is 3. The van der Waals surface area contributed by atoms with Crippen LogP contribution in [0.4, 0.5) is 8.78 Å². The first-order valence-electron chi connectivity index (χ1n) is 5.27. The van der Waals surface area contributed by atoms with Gasteiger partial charge in [0.25, 0.3) is 0 Å². The van der Waals surface area contributed by atoms with E-state index in [1.165, 1.54) is 0 Å².